The van der Waals surface area contributed by atoms with Crippen molar-refractivity contribution in [2.75, 3.05) is 18.0 Å². The number of rotatable bonds is 4. The lowest BCUT2D eigenvalue weighted by molar-refractivity contribution is -0.142. The molecule has 0 radical (unpaired) electrons. The molecule has 2 aliphatic heterocycles. The predicted molar refractivity (Wildman–Crippen MR) is 128 cm³/mol. The molecule has 8 heteroatoms. The zero-order valence-electron chi connectivity index (χ0n) is 16.9. The van der Waals surface area contributed by atoms with Gasteiger partial charge in [0.25, 0.3) is 0 Å². The Morgan fingerprint density at radius 1 is 1.03 bits per heavy atom. The van der Waals surface area contributed by atoms with Crippen molar-refractivity contribution in [2.24, 2.45) is 0 Å². The van der Waals surface area contributed by atoms with E-state index in [4.69, 9.17) is 11.6 Å². The lowest BCUT2D eigenvalue weighted by Gasteiger charge is -2.46. The fraction of sp³-hybridized carbons (Fsp3) is 0.250. The number of halogens is 2. The number of alkyl halides is 1. The number of hydrogen-bond donors (Lipinski definition) is 1. The van der Waals surface area contributed by atoms with Crippen LogP contribution in [0.15, 0.2) is 65.4 Å². The standard InChI is InChI=1S/C24H20ClFN2O2S2/c25-20-4-2-1-3-19(20)22-21(29)11-24(28(31)23(22)30,16-9-10-32-14-16)15-5-7-18(8-6-15)27-12-17(26)13-27/h1-10,14,17,22,31H,11-13H2. The highest BCUT2D eigenvalue weighted by Gasteiger charge is 2.52. The fourth-order valence-corrected chi connectivity index (χ4v) is 5.98. The van der Waals surface area contributed by atoms with E-state index in [1.165, 1.54) is 15.6 Å². The highest BCUT2D eigenvalue weighted by atomic mass is 35.5. The molecule has 4 nitrogen and oxygen atoms in total. The van der Waals surface area contributed by atoms with E-state index in [0.717, 1.165) is 16.8 Å². The number of nitrogens with zero attached hydrogens (tertiary/aromatic N) is 2. The van der Waals surface area contributed by atoms with Crippen LogP contribution in [-0.2, 0) is 15.1 Å². The second-order valence-electron chi connectivity index (χ2n) is 8.17. The summed E-state index contributed by atoms with van der Waals surface area (Å²) >= 11 is 12.5. The summed E-state index contributed by atoms with van der Waals surface area (Å²) in [6.07, 6.45) is -0.722. The van der Waals surface area contributed by atoms with Gasteiger partial charge in [-0.3, -0.25) is 13.9 Å². The molecule has 0 aliphatic carbocycles. The summed E-state index contributed by atoms with van der Waals surface area (Å²) in [5, 5.41) is 4.24. The van der Waals surface area contributed by atoms with Crippen molar-refractivity contribution in [2.45, 2.75) is 24.0 Å². The van der Waals surface area contributed by atoms with E-state index in [1.54, 1.807) is 24.3 Å². The van der Waals surface area contributed by atoms with Crippen LogP contribution in [0.4, 0.5) is 10.1 Å². The molecular weight excluding hydrogens is 467 g/mol. The van der Waals surface area contributed by atoms with Gasteiger partial charge in [-0.2, -0.15) is 11.3 Å². The van der Waals surface area contributed by atoms with E-state index >= 15 is 0 Å². The van der Waals surface area contributed by atoms with Gasteiger partial charge in [0.05, 0.1) is 13.1 Å². The molecule has 3 aromatic rings. The third-order valence-corrected chi connectivity index (χ3v) is 7.90. The van der Waals surface area contributed by atoms with Crippen LogP contribution < -0.4 is 4.90 Å². The molecule has 2 fully saturated rings. The van der Waals surface area contributed by atoms with Gasteiger partial charge in [-0.25, -0.2) is 4.39 Å². The number of Topliss-reactive ketones (excluding diaryl/α,β-unsaturated/α-hetero) is 1. The maximum Gasteiger partial charge on any atom is 0.248 e. The molecule has 0 N–H and O–H groups in total. The van der Waals surface area contributed by atoms with Gasteiger partial charge in [0.1, 0.15) is 17.6 Å². The zero-order valence-corrected chi connectivity index (χ0v) is 19.4. The first kappa shape index (κ1) is 21.5. The van der Waals surface area contributed by atoms with E-state index in [-0.39, 0.29) is 12.2 Å². The monoisotopic (exact) mass is 486 g/mol. The molecule has 5 rings (SSSR count). The molecule has 2 atom stereocenters. The van der Waals surface area contributed by atoms with Gasteiger partial charge >= 0.3 is 0 Å². The molecule has 32 heavy (non-hydrogen) atoms. The minimum absolute atomic E-state index is 0.0739. The minimum atomic E-state index is -1.04. The van der Waals surface area contributed by atoms with Gasteiger partial charge in [0, 0.05) is 17.1 Å². The lowest BCUT2D eigenvalue weighted by atomic mass is 9.73. The third-order valence-electron chi connectivity index (χ3n) is 6.33. The molecule has 2 aromatic carbocycles. The summed E-state index contributed by atoms with van der Waals surface area (Å²) in [5.74, 6) is -1.60. The average Bonchev–Trinajstić information content (AvgIpc) is 3.31. The average molecular weight is 487 g/mol. The third kappa shape index (κ3) is 3.34. The van der Waals surface area contributed by atoms with Crippen molar-refractivity contribution in [1.29, 1.82) is 0 Å². The van der Waals surface area contributed by atoms with E-state index in [9.17, 15) is 14.0 Å². The molecule has 0 saturated carbocycles. The van der Waals surface area contributed by atoms with Crippen LogP contribution in [0.2, 0.25) is 5.02 Å². The second kappa shape index (κ2) is 8.21. The molecule has 3 heterocycles. The predicted octanol–water partition coefficient (Wildman–Crippen LogP) is 5.23. The highest BCUT2D eigenvalue weighted by molar-refractivity contribution is 7.78. The topological polar surface area (TPSA) is 40.6 Å². The molecule has 2 unspecified atom stereocenters. The Labute approximate surface area is 200 Å². The molecule has 2 saturated heterocycles. The Bertz CT molecular complexity index is 1170. The first-order chi connectivity index (χ1) is 15.4. The Hall–Kier alpha value is -2.35. The Balaban J connectivity index is 1.56. The fourth-order valence-electron chi connectivity index (χ4n) is 4.59. The number of thiol groups is 1. The van der Waals surface area contributed by atoms with Crippen molar-refractivity contribution in [3.63, 3.8) is 0 Å². The SMILES string of the molecule is O=C1CC(c2ccc(N3CC(F)C3)cc2)(c2ccsc2)N(S)C(=O)C1c1ccccc1Cl. The number of carbonyl (C=O) groups is 2. The summed E-state index contributed by atoms with van der Waals surface area (Å²) in [5.41, 5.74) is 1.99. The number of amides is 1. The lowest BCUT2D eigenvalue weighted by Crippen LogP contribution is -2.54. The quantitative estimate of drug-likeness (QED) is 0.405. The van der Waals surface area contributed by atoms with Crippen molar-refractivity contribution in [3.05, 3.63) is 87.1 Å². The van der Waals surface area contributed by atoms with Crippen LogP contribution in [-0.4, -0.2) is 35.3 Å². The summed E-state index contributed by atoms with van der Waals surface area (Å²) in [7, 11) is 0. The summed E-state index contributed by atoms with van der Waals surface area (Å²) < 4.78 is 14.7. The molecule has 2 aliphatic rings. The molecule has 1 amide bonds. The number of hydrogen-bond acceptors (Lipinski definition) is 5. The van der Waals surface area contributed by atoms with Gasteiger partial charge in [-0.1, -0.05) is 54.7 Å². The van der Waals surface area contributed by atoms with Crippen molar-refractivity contribution < 1.29 is 14.0 Å². The highest BCUT2D eigenvalue weighted by Crippen LogP contribution is 2.48. The van der Waals surface area contributed by atoms with Crippen molar-refractivity contribution in [1.82, 2.24) is 4.31 Å². The van der Waals surface area contributed by atoms with Crippen molar-refractivity contribution >= 4 is 53.1 Å². The zero-order chi connectivity index (χ0) is 22.5. The van der Waals surface area contributed by atoms with E-state index in [1.807, 2.05) is 46.0 Å². The molecular formula is C24H20ClFN2O2S2. The van der Waals surface area contributed by atoms with Crippen LogP contribution in [0.1, 0.15) is 29.0 Å². The smallest absolute Gasteiger partial charge is 0.248 e. The van der Waals surface area contributed by atoms with Gasteiger partial charge in [0.15, 0.2) is 5.78 Å². The van der Waals surface area contributed by atoms with Crippen molar-refractivity contribution in [3.8, 4) is 0 Å². The molecule has 0 spiro atoms. The largest absolute Gasteiger partial charge is 0.366 e. The Morgan fingerprint density at radius 3 is 2.38 bits per heavy atom. The Morgan fingerprint density at radius 2 is 1.75 bits per heavy atom. The number of ketones is 1. The maximum atomic E-state index is 13.6. The number of benzene rings is 2. The molecule has 1 aromatic heterocycles. The number of anilines is 1. The number of thiophene rings is 1. The summed E-state index contributed by atoms with van der Waals surface area (Å²) in [4.78, 5) is 29.0. The first-order valence-corrected chi connectivity index (χ1v) is 12.0. The van der Waals surface area contributed by atoms with Crippen LogP contribution >= 0.6 is 35.8 Å². The van der Waals surface area contributed by atoms with E-state index < -0.39 is 23.5 Å². The molecule has 164 valence electrons. The van der Waals surface area contributed by atoms with Gasteiger partial charge in [0.2, 0.25) is 5.91 Å². The molecule has 0 bridgehead atoms. The van der Waals surface area contributed by atoms with Gasteiger partial charge in [-0.15, -0.1) is 0 Å². The van der Waals surface area contributed by atoms with Crippen LogP contribution in [0.5, 0.6) is 0 Å². The Kier molecular flexibility index (Phi) is 5.51. The first-order valence-electron chi connectivity index (χ1n) is 10.2. The number of carbonyl (C=O) groups excluding carboxylic acids is 2. The van der Waals surface area contributed by atoms with Crippen LogP contribution in [0.25, 0.3) is 0 Å². The minimum Gasteiger partial charge on any atom is -0.366 e. The van der Waals surface area contributed by atoms with Crippen LogP contribution in [0, 0.1) is 0 Å². The van der Waals surface area contributed by atoms with E-state index in [2.05, 4.69) is 12.8 Å². The normalized spacial score (nSPS) is 24.0. The maximum absolute atomic E-state index is 13.6. The van der Waals surface area contributed by atoms with Crippen LogP contribution in [0.3, 0.4) is 0 Å². The van der Waals surface area contributed by atoms with E-state index in [0.29, 0.717) is 23.7 Å². The summed E-state index contributed by atoms with van der Waals surface area (Å²) in [6, 6.07) is 16.5. The van der Waals surface area contributed by atoms with Gasteiger partial charge < -0.3 is 4.90 Å². The van der Waals surface area contributed by atoms with Gasteiger partial charge in [-0.05, 0) is 51.7 Å². The number of piperidine rings is 1. The second-order valence-corrected chi connectivity index (χ2v) is 9.76. The summed E-state index contributed by atoms with van der Waals surface area (Å²) in [6.45, 7) is 0.758.